The van der Waals surface area contributed by atoms with Gasteiger partial charge < -0.3 is 15.5 Å². The van der Waals surface area contributed by atoms with Crippen LogP contribution in [0.4, 0.5) is 9.18 Å². The maximum atomic E-state index is 13.1. The van der Waals surface area contributed by atoms with Gasteiger partial charge in [0.2, 0.25) is 11.1 Å². The zero-order valence-corrected chi connectivity index (χ0v) is 15.0. The van der Waals surface area contributed by atoms with Crippen LogP contribution in [0.15, 0.2) is 29.4 Å². The number of piperazine rings is 1. The average molecular weight is 378 g/mol. The number of H-pyrrole nitrogens is 1. The van der Waals surface area contributed by atoms with Crippen molar-refractivity contribution in [3.8, 4) is 0 Å². The molecule has 1 fully saturated rings. The summed E-state index contributed by atoms with van der Waals surface area (Å²) in [6.45, 7) is 2.99. The Kier molecular flexibility index (Phi) is 5.71. The fourth-order valence-electron chi connectivity index (χ4n) is 2.65. The van der Waals surface area contributed by atoms with Gasteiger partial charge >= 0.3 is 6.03 Å². The van der Waals surface area contributed by atoms with Gasteiger partial charge in [-0.25, -0.2) is 14.2 Å². The highest BCUT2D eigenvalue weighted by molar-refractivity contribution is 7.99. The quantitative estimate of drug-likeness (QED) is 0.536. The van der Waals surface area contributed by atoms with Crippen molar-refractivity contribution in [2.24, 2.45) is 0 Å². The van der Waals surface area contributed by atoms with Gasteiger partial charge in [-0.15, -0.1) is 5.10 Å². The molecule has 0 radical (unpaired) electrons. The lowest BCUT2D eigenvalue weighted by molar-refractivity contribution is -0.127. The lowest BCUT2D eigenvalue weighted by Crippen LogP contribution is -2.55. The van der Waals surface area contributed by atoms with E-state index in [-0.39, 0.29) is 17.8 Å². The molecule has 0 saturated carbocycles. The molecule has 2 heterocycles. The van der Waals surface area contributed by atoms with E-state index in [2.05, 4.69) is 25.8 Å². The van der Waals surface area contributed by atoms with Crippen LogP contribution in [0.25, 0.3) is 0 Å². The van der Waals surface area contributed by atoms with Gasteiger partial charge in [0.05, 0.1) is 0 Å². The van der Waals surface area contributed by atoms with Gasteiger partial charge in [-0.05, 0) is 24.6 Å². The molecule has 0 spiro atoms. The fraction of sp³-hybridized carbons (Fsp3) is 0.375. The molecule has 10 heteroatoms. The number of nitrogens with zero attached hydrogens (tertiary/aromatic N) is 3. The van der Waals surface area contributed by atoms with Gasteiger partial charge in [-0.3, -0.25) is 9.89 Å². The third kappa shape index (κ3) is 4.31. The van der Waals surface area contributed by atoms with Gasteiger partial charge in [-0.2, -0.15) is 0 Å². The predicted molar refractivity (Wildman–Crippen MR) is 94.1 cm³/mol. The van der Waals surface area contributed by atoms with Crippen LogP contribution in [-0.4, -0.2) is 57.4 Å². The number of amides is 3. The van der Waals surface area contributed by atoms with Crippen molar-refractivity contribution < 1.29 is 14.0 Å². The van der Waals surface area contributed by atoms with Crippen LogP contribution >= 0.6 is 11.8 Å². The van der Waals surface area contributed by atoms with Gasteiger partial charge in [0.25, 0.3) is 0 Å². The Hall–Kier alpha value is -2.62. The molecule has 1 aromatic heterocycles. The second-order valence-electron chi connectivity index (χ2n) is 5.72. The van der Waals surface area contributed by atoms with Crippen LogP contribution in [0, 0.1) is 12.7 Å². The van der Waals surface area contributed by atoms with Gasteiger partial charge in [0.15, 0.2) is 0 Å². The largest absolute Gasteiger partial charge is 0.352 e. The third-order valence-electron chi connectivity index (χ3n) is 3.84. The van der Waals surface area contributed by atoms with Crippen LogP contribution in [0.3, 0.4) is 0 Å². The number of aromatic amines is 1. The topological polar surface area (TPSA) is 103 Å². The number of aryl methyl sites for hydroxylation is 1. The molecule has 0 aliphatic carbocycles. The number of urea groups is 1. The van der Waals surface area contributed by atoms with Crippen molar-refractivity contribution >= 4 is 23.7 Å². The Morgan fingerprint density at radius 1 is 1.42 bits per heavy atom. The Labute approximate surface area is 153 Å². The summed E-state index contributed by atoms with van der Waals surface area (Å²) in [6, 6.07) is 4.50. The number of thioether (sulfide) groups is 1. The number of carbonyl (C=O) groups is 2. The molecule has 1 aliphatic heterocycles. The summed E-state index contributed by atoms with van der Waals surface area (Å²) in [5.41, 5.74) is 0.573. The second kappa shape index (κ2) is 8.17. The maximum absolute atomic E-state index is 13.1. The molecule has 3 N–H and O–H groups in total. The zero-order chi connectivity index (χ0) is 18.5. The lowest BCUT2D eigenvalue weighted by atomic mass is 10.0. The Morgan fingerprint density at radius 2 is 2.19 bits per heavy atom. The molecule has 0 bridgehead atoms. The van der Waals surface area contributed by atoms with E-state index < -0.39 is 6.04 Å². The van der Waals surface area contributed by atoms with E-state index >= 15 is 0 Å². The standard InChI is InChI=1S/C16H19FN6O2S/c1-10-20-15(22-21-10)26-9-7-19-16(25)23-8-6-18-14(24)13(23)11-2-4-12(17)5-3-11/h2-5,13H,6-9H2,1H3,(H,18,24)(H,19,25)(H,20,21,22)/t13-/m1/s1. The SMILES string of the molecule is Cc1nc(SCCNC(=O)N2CCNC(=O)[C@H]2c2ccc(F)cc2)n[nH]1. The average Bonchev–Trinajstić information content (AvgIpc) is 3.04. The summed E-state index contributed by atoms with van der Waals surface area (Å²) in [5, 5.41) is 12.9. The van der Waals surface area contributed by atoms with E-state index in [0.717, 1.165) is 5.82 Å². The van der Waals surface area contributed by atoms with E-state index in [1.807, 2.05) is 6.92 Å². The van der Waals surface area contributed by atoms with Crippen molar-refractivity contribution in [3.63, 3.8) is 0 Å². The Bertz CT molecular complexity index is 781. The van der Waals surface area contributed by atoms with Crippen LogP contribution < -0.4 is 10.6 Å². The molecule has 1 saturated heterocycles. The Morgan fingerprint density at radius 3 is 2.88 bits per heavy atom. The summed E-state index contributed by atoms with van der Waals surface area (Å²) in [6.07, 6.45) is 0. The summed E-state index contributed by atoms with van der Waals surface area (Å²) in [5.74, 6) is 0.673. The zero-order valence-electron chi connectivity index (χ0n) is 14.2. The highest BCUT2D eigenvalue weighted by atomic mass is 32.2. The van der Waals surface area contributed by atoms with Gasteiger partial charge in [-0.1, -0.05) is 23.9 Å². The molecule has 1 atom stereocenters. The number of hydrogen-bond acceptors (Lipinski definition) is 5. The molecule has 2 aromatic rings. The molecule has 8 nitrogen and oxygen atoms in total. The molecule has 138 valence electrons. The van der Waals surface area contributed by atoms with E-state index in [4.69, 9.17) is 0 Å². The summed E-state index contributed by atoms with van der Waals surface area (Å²) in [7, 11) is 0. The van der Waals surface area contributed by atoms with E-state index in [1.54, 1.807) is 0 Å². The van der Waals surface area contributed by atoms with Crippen LogP contribution in [0.5, 0.6) is 0 Å². The maximum Gasteiger partial charge on any atom is 0.318 e. The summed E-state index contributed by atoms with van der Waals surface area (Å²) < 4.78 is 13.1. The molecule has 0 unspecified atom stereocenters. The van der Waals surface area contributed by atoms with Crippen LogP contribution in [0.1, 0.15) is 17.4 Å². The lowest BCUT2D eigenvalue weighted by Gasteiger charge is -2.35. The number of aromatic nitrogens is 3. The van der Waals surface area contributed by atoms with E-state index in [1.165, 1.54) is 40.9 Å². The highest BCUT2D eigenvalue weighted by Gasteiger charge is 2.34. The molecular weight excluding hydrogens is 359 g/mol. The first kappa shape index (κ1) is 18.2. The highest BCUT2D eigenvalue weighted by Crippen LogP contribution is 2.23. The number of nitrogens with one attached hydrogen (secondary N) is 3. The fourth-order valence-corrected chi connectivity index (χ4v) is 3.35. The van der Waals surface area contributed by atoms with Crippen molar-refractivity contribution in [2.75, 3.05) is 25.4 Å². The van der Waals surface area contributed by atoms with Crippen molar-refractivity contribution in [2.45, 2.75) is 18.1 Å². The van der Waals surface area contributed by atoms with Crippen molar-refractivity contribution in [1.82, 2.24) is 30.7 Å². The summed E-state index contributed by atoms with van der Waals surface area (Å²) >= 11 is 1.42. The number of rotatable bonds is 5. The van der Waals surface area contributed by atoms with Crippen LogP contribution in [-0.2, 0) is 4.79 Å². The Balaban J connectivity index is 1.58. The minimum absolute atomic E-state index is 0.274. The van der Waals surface area contributed by atoms with Crippen molar-refractivity contribution in [3.05, 3.63) is 41.5 Å². The smallest absolute Gasteiger partial charge is 0.318 e. The molecule has 3 amide bonds. The molecular formula is C16H19FN6O2S. The molecule has 1 aromatic carbocycles. The molecule has 26 heavy (non-hydrogen) atoms. The first-order chi connectivity index (χ1) is 12.5. The number of carbonyl (C=O) groups excluding carboxylic acids is 2. The van der Waals surface area contributed by atoms with Gasteiger partial charge in [0.1, 0.15) is 17.7 Å². The summed E-state index contributed by atoms with van der Waals surface area (Å²) in [4.78, 5) is 30.4. The van der Waals surface area contributed by atoms with Crippen LogP contribution in [0.2, 0.25) is 0 Å². The minimum atomic E-state index is -0.771. The normalized spacial score (nSPS) is 17.1. The molecule has 3 rings (SSSR count). The van der Waals surface area contributed by atoms with E-state index in [0.29, 0.717) is 36.1 Å². The first-order valence-electron chi connectivity index (χ1n) is 8.14. The van der Waals surface area contributed by atoms with E-state index in [9.17, 15) is 14.0 Å². The number of halogens is 1. The van der Waals surface area contributed by atoms with Gasteiger partial charge in [0, 0.05) is 25.4 Å². The van der Waals surface area contributed by atoms with Crippen molar-refractivity contribution in [1.29, 1.82) is 0 Å². The number of benzene rings is 1. The molecule has 1 aliphatic rings. The number of hydrogen-bond donors (Lipinski definition) is 3. The second-order valence-corrected chi connectivity index (χ2v) is 6.78. The third-order valence-corrected chi connectivity index (χ3v) is 4.69. The first-order valence-corrected chi connectivity index (χ1v) is 9.12. The predicted octanol–water partition coefficient (Wildman–Crippen LogP) is 1.23. The minimum Gasteiger partial charge on any atom is -0.352 e. The monoisotopic (exact) mass is 378 g/mol.